The van der Waals surface area contributed by atoms with E-state index in [1.54, 1.807) is 14.2 Å². The van der Waals surface area contributed by atoms with E-state index in [-0.39, 0.29) is 24.0 Å². The number of halogens is 1. The first-order chi connectivity index (χ1) is 8.10. The molecule has 0 aromatic rings. The van der Waals surface area contributed by atoms with Gasteiger partial charge in [0.15, 0.2) is 5.96 Å². The van der Waals surface area contributed by atoms with E-state index in [9.17, 15) is 0 Å². The maximum absolute atomic E-state index is 4.99. The van der Waals surface area contributed by atoms with Crippen LogP contribution in [0.3, 0.4) is 0 Å². The number of guanidine groups is 1. The van der Waals surface area contributed by atoms with Crippen LogP contribution < -0.4 is 10.6 Å². The summed E-state index contributed by atoms with van der Waals surface area (Å²) in [6.45, 7) is 8.22. The lowest BCUT2D eigenvalue weighted by Gasteiger charge is -2.18. The van der Waals surface area contributed by atoms with Crippen LogP contribution in [-0.4, -0.2) is 39.3 Å². The summed E-state index contributed by atoms with van der Waals surface area (Å²) in [5, 5.41) is 6.60. The Balaban J connectivity index is 0. The minimum Gasteiger partial charge on any atom is -0.383 e. The zero-order chi connectivity index (χ0) is 13.1. The molecule has 18 heavy (non-hydrogen) atoms. The highest BCUT2D eigenvalue weighted by atomic mass is 127. The molecular formula is C13H30IN3O. The minimum atomic E-state index is 0. The third-order valence-electron chi connectivity index (χ3n) is 2.62. The normalized spacial score (nSPS) is 13.1. The monoisotopic (exact) mass is 371 g/mol. The van der Waals surface area contributed by atoms with Crippen molar-refractivity contribution < 1.29 is 4.74 Å². The van der Waals surface area contributed by atoms with Crippen molar-refractivity contribution in [1.82, 2.24) is 10.6 Å². The molecule has 4 nitrogen and oxygen atoms in total. The Morgan fingerprint density at radius 1 is 1.22 bits per heavy atom. The smallest absolute Gasteiger partial charge is 0.191 e. The van der Waals surface area contributed by atoms with Crippen LogP contribution in [0.2, 0.25) is 0 Å². The first kappa shape index (κ1) is 20.3. The molecule has 1 atom stereocenters. The molecule has 110 valence electrons. The lowest BCUT2D eigenvalue weighted by atomic mass is 10.0. The van der Waals surface area contributed by atoms with Gasteiger partial charge in [-0.25, -0.2) is 0 Å². The van der Waals surface area contributed by atoms with Crippen molar-refractivity contribution in [3.05, 3.63) is 0 Å². The highest BCUT2D eigenvalue weighted by Crippen LogP contribution is 2.07. The molecule has 0 aliphatic heterocycles. The standard InChI is InChI=1S/C13H29N3O.HI/c1-11(2)7-6-8-12(3)16-13(14-4)15-9-10-17-5;/h11-12H,6-10H2,1-5H3,(H2,14,15,16);1H. The molecule has 0 heterocycles. The predicted octanol–water partition coefficient (Wildman–Crippen LogP) is 2.63. The van der Waals surface area contributed by atoms with Crippen LogP contribution in [-0.2, 0) is 4.74 Å². The van der Waals surface area contributed by atoms with Crippen LogP contribution >= 0.6 is 24.0 Å². The molecule has 0 spiro atoms. The van der Waals surface area contributed by atoms with Crippen molar-refractivity contribution in [2.24, 2.45) is 10.9 Å². The molecular weight excluding hydrogens is 341 g/mol. The number of nitrogens with zero attached hydrogens (tertiary/aromatic N) is 1. The second-order valence-corrected chi connectivity index (χ2v) is 4.86. The van der Waals surface area contributed by atoms with E-state index in [0.29, 0.717) is 12.6 Å². The van der Waals surface area contributed by atoms with Gasteiger partial charge in [0.05, 0.1) is 6.61 Å². The summed E-state index contributed by atoms with van der Waals surface area (Å²) in [4.78, 5) is 4.18. The molecule has 0 amide bonds. The van der Waals surface area contributed by atoms with Gasteiger partial charge in [-0.3, -0.25) is 4.99 Å². The van der Waals surface area contributed by atoms with E-state index in [0.717, 1.165) is 18.4 Å². The molecule has 0 aromatic heterocycles. The quantitative estimate of drug-likeness (QED) is 0.298. The summed E-state index contributed by atoms with van der Waals surface area (Å²) in [6.07, 6.45) is 3.74. The Morgan fingerprint density at radius 3 is 2.39 bits per heavy atom. The molecule has 0 saturated carbocycles. The van der Waals surface area contributed by atoms with Crippen molar-refractivity contribution >= 4 is 29.9 Å². The van der Waals surface area contributed by atoms with Gasteiger partial charge in [0.25, 0.3) is 0 Å². The Morgan fingerprint density at radius 2 is 1.89 bits per heavy atom. The van der Waals surface area contributed by atoms with Gasteiger partial charge in [0.1, 0.15) is 0 Å². The van der Waals surface area contributed by atoms with Gasteiger partial charge >= 0.3 is 0 Å². The second-order valence-electron chi connectivity index (χ2n) is 4.86. The number of methoxy groups -OCH3 is 1. The highest BCUT2D eigenvalue weighted by molar-refractivity contribution is 14.0. The predicted molar refractivity (Wildman–Crippen MR) is 89.9 cm³/mol. The summed E-state index contributed by atoms with van der Waals surface area (Å²) >= 11 is 0. The van der Waals surface area contributed by atoms with Crippen LogP contribution in [0.4, 0.5) is 0 Å². The summed E-state index contributed by atoms with van der Waals surface area (Å²) < 4.78 is 4.99. The molecule has 0 radical (unpaired) electrons. The van der Waals surface area contributed by atoms with Crippen LogP contribution in [0.1, 0.15) is 40.0 Å². The number of hydrogen-bond donors (Lipinski definition) is 2. The van der Waals surface area contributed by atoms with E-state index < -0.39 is 0 Å². The Hall–Kier alpha value is -0.0400. The molecule has 0 fully saturated rings. The molecule has 0 saturated heterocycles. The number of ether oxygens (including phenoxy) is 1. The maximum atomic E-state index is 4.99. The van der Waals surface area contributed by atoms with Gasteiger partial charge in [0.2, 0.25) is 0 Å². The van der Waals surface area contributed by atoms with E-state index in [1.165, 1.54) is 19.3 Å². The zero-order valence-corrected chi connectivity index (χ0v) is 14.8. The molecule has 0 aliphatic rings. The number of nitrogens with one attached hydrogen (secondary N) is 2. The fraction of sp³-hybridized carbons (Fsp3) is 0.923. The maximum Gasteiger partial charge on any atom is 0.191 e. The van der Waals surface area contributed by atoms with Gasteiger partial charge in [-0.05, 0) is 19.3 Å². The fourth-order valence-electron chi connectivity index (χ4n) is 1.60. The summed E-state index contributed by atoms with van der Waals surface area (Å²) in [7, 11) is 3.50. The van der Waals surface area contributed by atoms with Gasteiger partial charge in [-0.2, -0.15) is 0 Å². The van der Waals surface area contributed by atoms with Crippen molar-refractivity contribution in [3.63, 3.8) is 0 Å². The Kier molecular flexibility index (Phi) is 15.1. The Labute approximate surface area is 129 Å². The average Bonchev–Trinajstić information content (AvgIpc) is 2.27. The van der Waals surface area contributed by atoms with Gasteiger partial charge < -0.3 is 15.4 Å². The number of rotatable bonds is 8. The minimum absolute atomic E-state index is 0. The lowest BCUT2D eigenvalue weighted by molar-refractivity contribution is 0.203. The molecule has 0 aromatic carbocycles. The van der Waals surface area contributed by atoms with Crippen LogP contribution in [0, 0.1) is 5.92 Å². The molecule has 2 N–H and O–H groups in total. The van der Waals surface area contributed by atoms with Crippen LogP contribution in [0.25, 0.3) is 0 Å². The topological polar surface area (TPSA) is 45.7 Å². The average molecular weight is 371 g/mol. The van der Waals surface area contributed by atoms with Crippen LogP contribution in [0.15, 0.2) is 4.99 Å². The zero-order valence-electron chi connectivity index (χ0n) is 12.5. The first-order valence-corrected chi connectivity index (χ1v) is 6.56. The Bertz CT molecular complexity index is 210. The molecule has 0 bridgehead atoms. The van der Waals surface area contributed by atoms with Crippen molar-refractivity contribution in [3.8, 4) is 0 Å². The van der Waals surface area contributed by atoms with Crippen molar-refractivity contribution in [1.29, 1.82) is 0 Å². The highest BCUT2D eigenvalue weighted by Gasteiger charge is 2.05. The summed E-state index contributed by atoms with van der Waals surface area (Å²) in [5.41, 5.74) is 0. The largest absolute Gasteiger partial charge is 0.383 e. The molecule has 1 unspecified atom stereocenters. The summed E-state index contributed by atoms with van der Waals surface area (Å²) in [6, 6.07) is 0.461. The van der Waals surface area contributed by atoms with Gasteiger partial charge in [-0.15, -0.1) is 24.0 Å². The van der Waals surface area contributed by atoms with Crippen molar-refractivity contribution in [2.75, 3.05) is 27.3 Å². The van der Waals surface area contributed by atoms with E-state index in [1.807, 2.05) is 0 Å². The van der Waals surface area contributed by atoms with Crippen LogP contribution in [0.5, 0.6) is 0 Å². The van der Waals surface area contributed by atoms with E-state index >= 15 is 0 Å². The van der Waals surface area contributed by atoms with E-state index in [2.05, 4.69) is 36.4 Å². The van der Waals surface area contributed by atoms with Crippen molar-refractivity contribution in [2.45, 2.75) is 46.1 Å². The number of aliphatic imine (C=N–C) groups is 1. The molecule has 0 rings (SSSR count). The molecule has 5 heteroatoms. The lowest BCUT2D eigenvalue weighted by Crippen LogP contribution is -2.43. The fourth-order valence-corrected chi connectivity index (χ4v) is 1.60. The third kappa shape index (κ3) is 12.4. The first-order valence-electron chi connectivity index (χ1n) is 6.56. The SMILES string of the molecule is CN=C(NCCOC)NC(C)CCCC(C)C.I. The third-order valence-corrected chi connectivity index (χ3v) is 2.62. The summed E-state index contributed by atoms with van der Waals surface area (Å²) in [5.74, 6) is 1.65. The number of hydrogen-bond acceptors (Lipinski definition) is 2. The van der Waals surface area contributed by atoms with E-state index in [4.69, 9.17) is 4.74 Å². The van der Waals surface area contributed by atoms with Gasteiger partial charge in [0, 0.05) is 26.7 Å². The second kappa shape index (κ2) is 13.4. The van der Waals surface area contributed by atoms with Gasteiger partial charge in [-0.1, -0.05) is 26.7 Å². The molecule has 0 aliphatic carbocycles.